The summed E-state index contributed by atoms with van der Waals surface area (Å²) in [4.78, 5) is 23.3. The number of aromatic nitrogens is 1. The van der Waals surface area contributed by atoms with Crippen LogP contribution in [0.3, 0.4) is 0 Å². The molecule has 3 rings (SSSR count). The number of pyridine rings is 1. The lowest BCUT2D eigenvalue weighted by Gasteiger charge is -2.36. The lowest BCUT2D eigenvalue weighted by atomic mass is 9.98. The molecule has 6 heteroatoms. The van der Waals surface area contributed by atoms with Gasteiger partial charge in [0.25, 0.3) is 0 Å². The van der Waals surface area contributed by atoms with E-state index in [4.69, 9.17) is 0 Å². The molecule has 1 aromatic heterocycles. The lowest BCUT2D eigenvalue weighted by Crippen LogP contribution is -2.53. The minimum Gasteiger partial charge on any atom is -0.367 e. The molecule has 2 amide bonds. The molecule has 3 heterocycles. The highest BCUT2D eigenvalue weighted by molar-refractivity contribution is 5.74. The fourth-order valence-electron chi connectivity index (χ4n) is 3.66. The van der Waals surface area contributed by atoms with E-state index < -0.39 is 0 Å². The molecule has 6 nitrogen and oxygen atoms in total. The number of hydrogen-bond acceptors (Lipinski definition) is 4. The molecule has 0 spiro atoms. The van der Waals surface area contributed by atoms with E-state index in [0.717, 1.165) is 51.5 Å². The molecule has 0 saturated carbocycles. The predicted molar refractivity (Wildman–Crippen MR) is 96.3 cm³/mol. The quantitative estimate of drug-likeness (QED) is 0.911. The maximum atomic E-state index is 12.4. The Bertz CT molecular complexity index is 515. The first-order valence-electron chi connectivity index (χ1n) is 9.16. The molecule has 2 fully saturated rings. The number of likely N-dealkylation sites (tertiary alicyclic amines) is 1. The number of piperidine rings is 1. The van der Waals surface area contributed by atoms with Crippen molar-refractivity contribution in [2.45, 2.75) is 19.8 Å². The first kappa shape index (κ1) is 17.0. The molecule has 1 atom stereocenters. The summed E-state index contributed by atoms with van der Waals surface area (Å²) in [5, 5.41) is 3.15. The van der Waals surface area contributed by atoms with Crippen LogP contribution in [-0.2, 0) is 0 Å². The molecular weight excluding hydrogens is 302 g/mol. The van der Waals surface area contributed by atoms with E-state index in [1.807, 2.05) is 17.2 Å². The zero-order valence-electron chi connectivity index (χ0n) is 14.7. The first-order chi connectivity index (χ1) is 11.8. The van der Waals surface area contributed by atoms with Crippen LogP contribution >= 0.6 is 0 Å². The summed E-state index contributed by atoms with van der Waals surface area (Å²) in [7, 11) is 0. The third-order valence-corrected chi connectivity index (χ3v) is 5.17. The summed E-state index contributed by atoms with van der Waals surface area (Å²) in [6.07, 6.45) is 6.15. The number of hydrogen-bond donors (Lipinski definition) is 1. The van der Waals surface area contributed by atoms with Gasteiger partial charge in [-0.1, -0.05) is 6.92 Å². The van der Waals surface area contributed by atoms with Crippen LogP contribution < -0.4 is 10.2 Å². The predicted octanol–water partition coefficient (Wildman–Crippen LogP) is 1.65. The second kappa shape index (κ2) is 8.33. The van der Waals surface area contributed by atoms with E-state index >= 15 is 0 Å². The van der Waals surface area contributed by atoms with Gasteiger partial charge in [-0.15, -0.1) is 0 Å². The zero-order valence-corrected chi connectivity index (χ0v) is 14.7. The number of anilines is 1. The molecule has 2 aliphatic rings. The third-order valence-electron chi connectivity index (χ3n) is 5.17. The molecule has 1 unspecified atom stereocenters. The maximum absolute atomic E-state index is 12.4. The topological polar surface area (TPSA) is 51.7 Å². The molecule has 2 saturated heterocycles. The van der Waals surface area contributed by atoms with Crippen LogP contribution in [0.5, 0.6) is 0 Å². The van der Waals surface area contributed by atoms with E-state index in [1.54, 1.807) is 6.20 Å². The number of nitrogens with one attached hydrogen (secondary N) is 1. The van der Waals surface area contributed by atoms with Gasteiger partial charge in [-0.2, -0.15) is 0 Å². The molecular formula is C18H29N5O. The van der Waals surface area contributed by atoms with E-state index in [2.05, 4.69) is 33.1 Å². The Labute approximate surface area is 144 Å². The van der Waals surface area contributed by atoms with Gasteiger partial charge < -0.3 is 20.0 Å². The number of nitrogens with zero attached hydrogens (tertiary/aromatic N) is 4. The Morgan fingerprint density at radius 2 is 2.12 bits per heavy atom. The summed E-state index contributed by atoms with van der Waals surface area (Å²) < 4.78 is 0. The summed E-state index contributed by atoms with van der Waals surface area (Å²) in [5.74, 6) is 0.597. The van der Waals surface area contributed by atoms with Gasteiger partial charge in [-0.25, -0.2) is 4.79 Å². The third kappa shape index (κ3) is 4.38. The van der Waals surface area contributed by atoms with Crippen molar-refractivity contribution in [1.82, 2.24) is 20.1 Å². The van der Waals surface area contributed by atoms with Gasteiger partial charge in [0.15, 0.2) is 0 Å². The number of urea groups is 1. The van der Waals surface area contributed by atoms with Crippen LogP contribution in [0.4, 0.5) is 10.5 Å². The second-order valence-corrected chi connectivity index (χ2v) is 6.77. The summed E-state index contributed by atoms with van der Waals surface area (Å²) >= 11 is 0. The molecule has 0 aromatic carbocycles. The van der Waals surface area contributed by atoms with Crippen molar-refractivity contribution in [2.75, 3.05) is 57.3 Å². The van der Waals surface area contributed by atoms with Crippen LogP contribution in [-0.4, -0.2) is 73.2 Å². The number of rotatable bonds is 4. The Morgan fingerprint density at radius 3 is 2.83 bits per heavy atom. The van der Waals surface area contributed by atoms with Crippen LogP contribution in [0, 0.1) is 5.92 Å². The Hall–Kier alpha value is -1.82. The van der Waals surface area contributed by atoms with Crippen LogP contribution in [0.15, 0.2) is 24.5 Å². The SMILES string of the molecule is CCN1CCCC(CNC(=O)N2CCN(c3cccnc3)CC2)C1. The number of carbonyl (C=O) groups excluding carboxylic acids is 1. The first-order valence-corrected chi connectivity index (χ1v) is 9.16. The molecule has 0 bridgehead atoms. The maximum Gasteiger partial charge on any atom is 0.317 e. The van der Waals surface area contributed by atoms with Gasteiger partial charge in [0.05, 0.1) is 11.9 Å². The van der Waals surface area contributed by atoms with Crippen molar-refractivity contribution < 1.29 is 4.79 Å². The van der Waals surface area contributed by atoms with Gasteiger partial charge in [-0.3, -0.25) is 4.98 Å². The minimum atomic E-state index is 0.0921. The summed E-state index contributed by atoms with van der Waals surface area (Å²) in [6.45, 7) is 9.72. The Morgan fingerprint density at radius 1 is 1.29 bits per heavy atom. The van der Waals surface area contributed by atoms with E-state index in [-0.39, 0.29) is 6.03 Å². The fourth-order valence-corrected chi connectivity index (χ4v) is 3.66. The highest BCUT2D eigenvalue weighted by atomic mass is 16.2. The lowest BCUT2D eigenvalue weighted by molar-refractivity contribution is 0.169. The molecule has 0 aliphatic carbocycles. The molecule has 132 valence electrons. The highest BCUT2D eigenvalue weighted by Crippen LogP contribution is 2.16. The fraction of sp³-hybridized carbons (Fsp3) is 0.667. The second-order valence-electron chi connectivity index (χ2n) is 6.77. The molecule has 1 N–H and O–H groups in total. The van der Waals surface area contributed by atoms with Crippen molar-refractivity contribution in [3.05, 3.63) is 24.5 Å². The zero-order chi connectivity index (χ0) is 16.8. The van der Waals surface area contributed by atoms with Crippen LogP contribution in [0.25, 0.3) is 0 Å². The van der Waals surface area contributed by atoms with E-state index in [1.165, 1.54) is 19.4 Å². The van der Waals surface area contributed by atoms with Gasteiger partial charge in [0.2, 0.25) is 0 Å². The van der Waals surface area contributed by atoms with Crippen molar-refractivity contribution in [2.24, 2.45) is 5.92 Å². The van der Waals surface area contributed by atoms with Crippen molar-refractivity contribution in [1.29, 1.82) is 0 Å². The molecule has 0 radical (unpaired) electrons. The normalized spacial score (nSPS) is 22.5. The number of piperazine rings is 1. The molecule has 2 aliphatic heterocycles. The van der Waals surface area contributed by atoms with Crippen LogP contribution in [0.2, 0.25) is 0 Å². The Balaban J connectivity index is 1.41. The number of carbonyl (C=O) groups is 1. The molecule has 1 aromatic rings. The monoisotopic (exact) mass is 331 g/mol. The highest BCUT2D eigenvalue weighted by Gasteiger charge is 2.23. The Kier molecular flexibility index (Phi) is 5.91. The minimum absolute atomic E-state index is 0.0921. The largest absolute Gasteiger partial charge is 0.367 e. The van der Waals surface area contributed by atoms with E-state index in [9.17, 15) is 4.79 Å². The summed E-state index contributed by atoms with van der Waals surface area (Å²) in [5.41, 5.74) is 1.14. The average Bonchev–Trinajstić information content (AvgIpc) is 2.67. The van der Waals surface area contributed by atoms with Gasteiger partial charge in [0, 0.05) is 45.5 Å². The van der Waals surface area contributed by atoms with Crippen molar-refractivity contribution in [3.63, 3.8) is 0 Å². The van der Waals surface area contributed by atoms with Gasteiger partial charge in [0.1, 0.15) is 0 Å². The summed E-state index contributed by atoms with van der Waals surface area (Å²) in [6, 6.07) is 4.12. The number of amides is 2. The molecule has 24 heavy (non-hydrogen) atoms. The standard InChI is InChI=1S/C18H29N5O/c1-2-21-8-4-5-16(15-21)13-20-18(24)23-11-9-22(10-12-23)17-6-3-7-19-14-17/h3,6-7,14,16H,2,4-5,8-13,15H2,1H3,(H,20,24). The van der Waals surface area contributed by atoms with Gasteiger partial charge in [-0.05, 0) is 44.0 Å². The van der Waals surface area contributed by atoms with Crippen molar-refractivity contribution in [3.8, 4) is 0 Å². The van der Waals surface area contributed by atoms with Gasteiger partial charge >= 0.3 is 6.03 Å². The van der Waals surface area contributed by atoms with Crippen LogP contribution in [0.1, 0.15) is 19.8 Å². The smallest absolute Gasteiger partial charge is 0.317 e. The average molecular weight is 331 g/mol. The van der Waals surface area contributed by atoms with Crippen molar-refractivity contribution >= 4 is 11.7 Å². The van der Waals surface area contributed by atoms with E-state index in [0.29, 0.717) is 5.92 Å².